The Morgan fingerprint density at radius 3 is 2.60 bits per heavy atom. The highest BCUT2D eigenvalue weighted by Crippen LogP contribution is 2.27. The van der Waals surface area contributed by atoms with Crippen LogP contribution in [0.1, 0.15) is 42.4 Å². The molecule has 2 rings (SSSR count). The average molecular weight is 289 g/mol. The summed E-state index contributed by atoms with van der Waals surface area (Å²) >= 11 is 1.43. The highest BCUT2D eigenvalue weighted by Gasteiger charge is 2.19. The van der Waals surface area contributed by atoms with E-state index in [1.165, 1.54) is 11.3 Å². The fraction of sp³-hybridized carbons (Fsp3) is 0.333. The van der Waals surface area contributed by atoms with E-state index < -0.39 is 0 Å². The first-order valence-electron chi connectivity index (χ1n) is 6.41. The van der Waals surface area contributed by atoms with Crippen LogP contribution in [0.25, 0.3) is 0 Å². The van der Waals surface area contributed by atoms with Crippen molar-refractivity contribution in [3.05, 3.63) is 40.4 Å². The molecule has 4 nitrogen and oxygen atoms in total. The summed E-state index contributed by atoms with van der Waals surface area (Å²) in [6, 6.07) is 5.43. The Kier molecular flexibility index (Phi) is 3.81. The molecule has 0 bridgehead atoms. The molecule has 0 fully saturated rings. The highest BCUT2D eigenvalue weighted by atomic mass is 32.1. The number of hydrogen-bond donors (Lipinski definition) is 2. The Morgan fingerprint density at radius 1 is 1.35 bits per heavy atom. The molecule has 2 aromatic rings. The van der Waals surface area contributed by atoms with Crippen LogP contribution in [0.3, 0.4) is 0 Å². The zero-order chi connectivity index (χ0) is 14.9. The van der Waals surface area contributed by atoms with Crippen LogP contribution in [-0.4, -0.2) is 10.9 Å². The topological polar surface area (TPSA) is 68.0 Å². The number of nitrogens with one attached hydrogen (secondary N) is 1. The Bertz CT molecular complexity index is 621. The van der Waals surface area contributed by atoms with Crippen LogP contribution in [-0.2, 0) is 5.41 Å². The van der Waals surface area contributed by atoms with E-state index in [1.54, 1.807) is 6.07 Å². The van der Waals surface area contributed by atoms with Crippen LogP contribution in [0.5, 0.6) is 0 Å². The third-order valence-electron chi connectivity index (χ3n) is 3.03. The Morgan fingerprint density at radius 2 is 2.05 bits per heavy atom. The minimum atomic E-state index is -0.213. The van der Waals surface area contributed by atoms with Gasteiger partial charge < -0.3 is 5.73 Å². The lowest BCUT2D eigenvalue weighted by Crippen LogP contribution is -2.16. The lowest BCUT2D eigenvalue weighted by atomic mass is 9.93. The second-order valence-electron chi connectivity index (χ2n) is 5.78. The predicted octanol–water partition coefficient (Wildman–Crippen LogP) is 3.58. The maximum atomic E-state index is 12.3. The Balaban J connectivity index is 2.22. The summed E-state index contributed by atoms with van der Waals surface area (Å²) in [5, 5.41) is 5.39. The number of benzene rings is 1. The minimum Gasteiger partial charge on any atom is -0.398 e. The van der Waals surface area contributed by atoms with Crippen LogP contribution in [0.2, 0.25) is 0 Å². The van der Waals surface area contributed by atoms with E-state index in [1.807, 2.05) is 24.4 Å². The fourth-order valence-electron chi connectivity index (χ4n) is 1.84. The van der Waals surface area contributed by atoms with Crippen LogP contribution >= 0.6 is 11.3 Å². The SMILES string of the molecule is Cc1cccc(N)c1C(=O)Nc1nc(C(C)(C)C)cs1. The number of amides is 1. The van der Waals surface area contributed by atoms with Gasteiger partial charge in [-0.2, -0.15) is 0 Å². The number of anilines is 2. The van der Waals surface area contributed by atoms with Gasteiger partial charge in [0.25, 0.3) is 5.91 Å². The fourth-order valence-corrected chi connectivity index (χ4v) is 2.77. The second-order valence-corrected chi connectivity index (χ2v) is 6.64. The summed E-state index contributed by atoms with van der Waals surface area (Å²) in [6.07, 6.45) is 0. The minimum absolute atomic E-state index is 0.0266. The predicted molar refractivity (Wildman–Crippen MR) is 84.4 cm³/mol. The summed E-state index contributed by atoms with van der Waals surface area (Å²) in [7, 11) is 0. The molecule has 0 saturated heterocycles. The Labute approximate surface area is 123 Å². The summed E-state index contributed by atoms with van der Waals surface area (Å²) < 4.78 is 0. The van der Waals surface area contributed by atoms with Gasteiger partial charge in [-0.25, -0.2) is 4.98 Å². The molecular weight excluding hydrogens is 270 g/mol. The zero-order valence-corrected chi connectivity index (χ0v) is 13.0. The number of aromatic nitrogens is 1. The maximum Gasteiger partial charge on any atom is 0.259 e. The number of carbonyl (C=O) groups is 1. The van der Waals surface area contributed by atoms with Crippen molar-refractivity contribution in [3.8, 4) is 0 Å². The third kappa shape index (κ3) is 2.99. The molecule has 3 N–H and O–H groups in total. The van der Waals surface area contributed by atoms with Crippen molar-refractivity contribution in [1.29, 1.82) is 0 Å². The lowest BCUT2D eigenvalue weighted by molar-refractivity contribution is 0.102. The van der Waals surface area contributed by atoms with E-state index in [0.29, 0.717) is 16.4 Å². The summed E-state index contributed by atoms with van der Waals surface area (Å²) in [5.74, 6) is -0.213. The van der Waals surface area contributed by atoms with Crippen molar-refractivity contribution in [2.45, 2.75) is 33.1 Å². The number of aryl methyl sites for hydroxylation is 1. The summed E-state index contributed by atoms with van der Waals surface area (Å²) in [4.78, 5) is 16.7. The molecule has 0 unspecified atom stereocenters. The first-order valence-corrected chi connectivity index (χ1v) is 7.29. The van der Waals surface area contributed by atoms with Crippen LogP contribution in [0.4, 0.5) is 10.8 Å². The largest absolute Gasteiger partial charge is 0.398 e. The number of carbonyl (C=O) groups excluding carboxylic acids is 1. The van der Waals surface area contributed by atoms with Gasteiger partial charge in [-0.15, -0.1) is 11.3 Å². The summed E-state index contributed by atoms with van der Waals surface area (Å²) in [6.45, 7) is 8.14. The molecule has 0 spiro atoms. The quantitative estimate of drug-likeness (QED) is 0.830. The molecule has 0 atom stereocenters. The van der Waals surface area contributed by atoms with Gasteiger partial charge in [0.15, 0.2) is 5.13 Å². The standard InChI is InChI=1S/C15H19N3OS/c1-9-6-5-7-10(16)12(9)13(19)18-14-17-11(8-20-14)15(2,3)4/h5-8H,16H2,1-4H3,(H,17,18,19). The van der Waals surface area contributed by atoms with Gasteiger partial charge in [0.2, 0.25) is 0 Å². The van der Waals surface area contributed by atoms with Crippen molar-refractivity contribution >= 4 is 28.1 Å². The molecule has 0 saturated carbocycles. The number of nitrogens with two attached hydrogens (primary N) is 1. The maximum absolute atomic E-state index is 12.3. The molecular formula is C15H19N3OS. The van der Waals surface area contributed by atoms with Gasteiger partial charge in [0.05, 0.1) is 11.3 Å². The van der Waals surface area contributed by atoms with Gasteiger partial charge in [0, 0.05) is 16.5 Å². The van der Waals surface area contributed by atoms with Gasteiger partial charge in [-0.3, -0.25) is 10.1 Å². The van der Waals surface area contributed by atoms with Crippen molar-refractivity contribution in [2.24, 2.45) is 0 Å². The second kappa shape index (κ2) is 5.25. The van der Waals surface area contributed by atoms with E-state index in [0.717, 1.165) is 11.3 Å². The average Bonchev–Trinajstić information content (AvgIpc) is 2.76. The number of nitrogen functional groups attached to an aromatic ring is 1. The van der Waals surface area contributed by atoms with E-state index in [9.17, 15) is 4.79 Å². The third-order valence-corrected chi connectivity index (χ3v) is 3.78. The smallest absolute Gasteiger partial charge is 0.259 e. The van der Waals surface area contributed by atoms with Crippen molar-refractivity contribution < 1.29 is 4.79 Å². The van der Waals surface area contributed by atoms with Gasteiger partial charge in [-0.05, 0) is 18.6 Å². The van der Waals surface area contributed by atoms with E-state index >= 15 is 0 Å². The van der Waals surface area contributed by atoms with Crippen molar-refractivity contribution in [3.63, 3.8) is 0 Å². The molecule has 5 heteroatoms. The molecule has 0 aliphatic heterocycles. The van der Waals surface area contributed by atoms with Crippen molar-refractivity contribution in [2.75, 3.05) is 11.1 Å². The van der Waals surface area contributed by atoms with E-state index in [4.69, 9.17) is 5.73 Å². The Hall–Kier alpha value is -1.88. The van der Waals surface area contributed by atoms with Gasteiger partial charge in [-0.1, -0.05) is 32.9 Å². The molecule has 1 amide bonds. The molecule has 0 aliphatic carbocycles. The molecule has 1 aromatic heterocycles. The summed E-state index contributed by atoms with van der Waals surface area (Å²) in [5.41, 5.74) is 8.67. The number of thiazole rings is 1. The van der Waals surface area contributed by atoms with Gasteiger partial charge >= 0.3 is 0 Å². The highest BCUT2D eigenvalue weighted by molar-refractivity contribution is 7.14. The lowest BCUT2D eigenvalue weighted by Gasteiger charge is -2.14. The normalized spacial score (nSPS) is 11.4. The van der Waals surface area contributed by atoms with Crippen molar-refractivity contribution in [1.82, 2.24) is 4.98 Å². The molecule has 1 heterocycles. The first-order chi connectivity index (χ1) is 9.29. The van der Waals surface area contributed by atoms with Crippen LogP contribution < -0.4 is 11.1 Å². The molecule has 0 radical (unpaired) electrons. The molecule has 106 valence electrons. The number of nitrogens with zero attached hydrogens (tertiary/aromatic N) is 1. The number of hydrogen-bond acceptors (Lipinski definition) is 4. The van der Waals surface area contributed by atoms with Crippen LogP contribution in [0, 0.1) is 6.92 Å². The molecule has 20 heavy (non-hydrogen) atoms. The first kappa shape index (κ1) is 14.5. The monoisotopic (exact) mass is 289 g/mol. The molecule has 0 aliphatic rings. The van der Waals surface area contributed by atoms with Crippen LogP contribution in [0.15, 0.2) is 23.6 Å². The molecule has 1 aromatic carbocycles. The zero-order valence-electron chi connectivity index (χ0n) is 12.2. The van der Waals surface area contributed by atoms with E-state index in [-0.39, 0.29) is 11.3 Å². The van der Waals surface area contributed by atoms with Gasteiger partial charge in [0.1, 0.15) is 0 Å². The number of rotatable bonds is 2. The van der Waals surface area contributed by atoms with E-state index in [2.05, 4.69) is 31.1 Å².